The van der Waals surface area contributed by atoms with Gasteiger partial charge in [0.1, 0.15) is 5.82 Å². The lowest BCUT2D eigenvalue weighted by atomic mass is 10.2. The third-order valence-corrected chi connectivity index (χ3v) is 4.11. The van der Waals surface area contributed by atoms with E-state index in [1.807, 2.05) is 0 Å². The van der Waals surface area contributed by atoms with Crippen LogP contribution in [0, 0.1) is 5.82 Å². The van der Waals surface area contributed by atoms with Gasteiger partial charge in [0.25, 0.3) is 0 Å². The number of hydrogen-bond acceptors (Lipinski definition) is 3. The average Bonchev–Trinajstić information content (AvgIpc) is 2.21. The third-order valence-electron chi connectivity index (χ3n) is 1.98. The molecule has 0 unspecified atom stereocenters. The van der Waals surface area contributed by atoms with E-state index >= 15 is 0 Å². The Bertz CT molecular complexity index is 285. The summed E-state index contributed by atoms with van der Waals surface area (Å²) in [6.45, 7) is 0. The summed E-state index contributed by atoms with van der Waals surface area (Å²) in [6.07, 6.45) is 0. The fourth-order valence-electron chi connectivity index (χ4n) is 1.09. The number of halogens is 1. The zero-order valence-corrected chi connectivity index (χ0v) is 9.16. The van der Waals surface area contributed by atoms with Gasteiger partial charge in [-0.15, -0.1) is 0 Å². The second-order valence-corrected chi connectivity index (χ2v) is 5.52. The van der Waals surface area contributed by atoms with Crippen LogP contribution in [0.25, 0.3) is 0 Å². The van der Waals surface area contributed by atoms with Gasteiger partial charge < -0.3 is 13.6 Å². The Balaban J connectivity index is 2.72. The van der Waals surface area contributed by atoms with Gasteiger partial charge in [-0.25, -0.2) is 4.39 Å². The Labute approximate surface area is 83.5 Å². The molecule has 1 aromatic rings. The highest BCUT2D eigenvalue weighted by Crippen LogP contribution is 2.11. The van der Waals surface area contributed by atoms with Crippen LogP contribution in [-0.4, -0.2) is 27.8 Å². The van der Waals surface area contributed by atoms with E-state index in [0.717, 1.165) is 5.56 Å². The van der Waals surface area contributed by atoms with Crippen LogP contribution in [0.15, 0.2) is 24.3 Å². The smallest absolute Gasteiger partial charge is 0.390 e. The fourth-order valence-corrected chi connectivity index (χ4v) is 2.29. The minimum atomic E-state index is -3.08. The minimum absolute atomic E-state index is 0.292. The van der Waals surface area contributed by atoms with Gasteiger partial charge in [0.2, 0.25) is 0 Å². The first kappa shape index (κ1) is 11.3. The SMILES string of the molecule is CO[Si](O)(Cc1ccc(F)cc1)OC. The first-order valence-electron chi connectivity index (χ1n) is 4.17. The van der Waals surface area contributed by atoms with E-state index in [9.17, 15) is 9.19 Å². The van der Waals surface area contributed by atoms with Crippen LogP contribution in [0.5, 0.6) is 0 Å². The number of hydrogen-bond donors (Lipinski definition) is 1. The molecule has 1 rings (SSSR count). The Morgan fingerprint density at radius 3 is 2.14 bits per heavy atom. The summed E-state index contributed by atoms with van der Waals surface area (Å²) < 4.78 is 22.4. The summed E-state index contributed by atoms with van der Waals surface area (Å²) in [6, 6.07) is 6.18. The third kappa shape index (κ3) is 2.88. The van der Waals surface area contributed by atoms with E-state index < -0.39 is 8.80 Å². The van der Waals surface area contributed by atoms with E-state index in [0.29, 0.717) is 6.04 Å². The van der Waals surface area contributed by atoms with Gasteiger partial charge in [-0.3, -0.25) is 0 Å². The van der Waals surface area contributed by atoms with Gasteiger partial charge in [0, 0.05) is 20.3 Å². The van der Waals surface area contributed by atoms with Crippen molar-refractivity contribution < 1.29 is 18.0 Å². The molecule has 0 aliphatic heterocycles. The summed E-state index contributed by atoms with van der Waals surface area (Å²) in [5, 5.41) is 0. The minimum Gasteiger partial charge on any atom is -0.390 e. The van der Waals surface area contributed by atoms with E-state index in [1.54, 1.807) is 12.1 Å². The molecule has 0 aliphatic carbocycles. The quantitative estimate of drug-likeness (QED) is 0.767. The Morgan fingerprint density at radius 1 is 1.21 bits per heavy atom. The molecule has 0 heterocycles. The zero-order valence-electron chi connectivity index (χ0n) is 8.16. The lowest BCUT2D eigenvalue weighted by molar-refractivity contribution is 0.150. The van der Waals surface area contributed by atoms with Gasteiger partial charge in [-0.2, -0.15) is 0 Å². The molecule has 0 saturated carbocycles. The van der Waals surface area contributed by atoms with Gasteiger partial charge in [0.05, 0.1) is 0 Å². The highest BCUT2D eigenvalue weighted by molar-refractivity contribution is 6.58. The van der Waals surface area contributed by atoms with Crippen molar-refractivity contribution in [2.45, 2.75) is 6.04 Å². The van der Waals surface area contributed by atoms with Crippen LogP contribution in [0.2, 0.25) is 0 Å². The van der Waals surface area contributed by atoms with Crippen LogP contribution >= 0.6 is 0 Å². The molecule has 0 fully saturated rings. The predicted octanol–water partition coefficient (Wildman–Crippen LogP) is 1.13. The largest absolute Gasteiger partial charge is 0.502 e. The molecular weight excluding hydrogens is 203 g/mol. The zero-order chi connectivity index (χ0) is 10.6. The van der Waals surface area contributed by atoms with E-state index in [-0.39, 0.29) is 5.82 Å². The van der Waals surface area contributed by atoms with Crippen LogP contribution in [0.1, 0.15) is 5.56 Å². The van der Waals surface area contributed by atoms with Crippen LogP contribution in [0.4, 0.5) is 4.39 Å². The van der Waals surface area contributed by atoms with Crippen molar-refractivity contribution in [2.75, 3.05) is 14.2 Å². The van der Waals surface area contributed by atoms with E-state index in [4.69, 9.17) is 8.85 Å². The second-order valence-electron chi connectivity index (χ2n) is 2.92. The molecule has 1 aromatic carbocycles. The maximum Gasteiger partial charge on any atom is 0.502 e. The highest BCUT2D eigenvalue weighted by Gasteiger charge is 2.34. The predicted molar refractivity (Wildman–Crippen MR) is 52.1 cm³/mol. The van der Waals surface area contributed by atoms with Crippen molar-refractivity contribution in [1.29, 1.82) is 0 Å². The number of benzene rings is 1. The van der Waals surface area contributed by atoms with Gasteiger partial charge in [-0.05, 0) is 17.7 Å². The molecule has 0 spiro atoms. The van der Waals surface area contributed by atoms with Gasteiger partial charge >= 0.3 is 8.80 Å². The summed E-state index contributed by atoms with van der Waals surface area (Å²) >= 11 is 0. The maximum atomic E-state index is 12.6. The van der Waals surface area contributed by atoms with Crippen LogP contribution < -0.4 is 0 Å². The standard InChI is InChI=1S/C9H13FO3Si/c1-12-14(11,13-2)7-8-3-5-9(10)6-4-8/h3-6,11H,7H2,1-2H3. The first-order valence-corrected chi connectivity index (χ1v) is 6.14. The van der Waals surface area contributed by atoms with Crippen molar-refractivity contribution in [3.8, 4) is 0 Å². The maximum absolute atomic E-state index is 12.6. The summed E-state index contributed by atoms with van der Waals surface area (Å²) in [5.74, 6) is -0.297. The Hall–Kier alpha value is -0.753. The van der Waals surface area contributed by atoms with E-state index in [1.165, 1.54) is 26.4 Å². The van der Waals surface area contributed by atoms with Crippen molar-refractivity contribution >= 4 is 8.80 Å². The molecule has 14 heavy (non-hydrogen) atoms. The molecule has 78 valence electrons. The summed E-state index contributed by atoms with van der Waals surface area (Å²) in [7, 11) is -0.274. The van der Waals surface area contributed by atoms with Gasteiger partial charge in [0.15, 0.2) is 0 Å². The molecule has 0 radical (unpaired) electrons. The molecule has 0 bridgehead atoms. The first-order chi connectivity index (χ1) is 6.59. The lowest BCUT2D eigenvalue weighted by Gasteiger charge is -2.19. The molecule has 0 atom stereocenters. The average molecular weight is 216 g/mol. The molecule has 0 saturated heterocycles. The molecule has 0 aromatic heterocycles. The van der Waals surface area contributed by atoms with Crippen LogP contribution in [-0.2, 0) is 14.9 Å². The summed E-state index contributed by atoms with van der Waals surface area (Å²) in [5.41, 5.74) is 0.796. The van der Waals surface area contributed by atoms with Crippen molar-refractivity contribution in [3.63, 3.8) is 0 Å². The van der Waals surface area contributed by atoms with Crippen molar-refractivity contribution in [3.05, 3.63) is 35.6 Å². The molecular formula is C9H13FO3Si. The fraction of sp³-hybridized carbons (Fsp3) is 0.333. The number of rotatable bonds is 4. The monoisotopic (exact) mass is 216 g/mol. The lowest BCUT2D eigenvalue weighted by Crippen LogP contribution is -2.43. The Morgan fingerprint density at radius 2 is 1.71 bits per heavy atom. The molecule has 1 N–H and O–H groups in total. The Kier molecular flexibility index (Phi) is 3.76. The highest BCUT2D eigenvalue weighted by atomic mass is 28.4. The van der Waals surface area contributed by atoms with Crippen molar-refractivity contribution in [1.82, 2.24) is 0 Å². The normalized spacial score (nSPS) is 11.7. The van der Waals surface area contributed by atoms with Crippen molar-refractivity contribution in [2.24, 2.45) is 0 Å². The molecule has 3 nitrogen and oxygen atoms in total. The molecule has 5 heteroatoms. The molecule has 0 amide bonds. The van der Waals surface area contributed by atoms with Gasteiger partial charge in [-0.1, -0.05) is 12.1 Å². The molecule has 0 aliphatic rings. The second kappa shape index (κ2) is 4.65. The van der Waals surface area contributed by atoms with Crippen LogP contribution in [0.3, 0.4) is 0 Å². The summed E-state index contributed by atoms with van der Waals surface area (Å²) in [4.78, 5) is 9.75. The topological polar surface area (TPSA) is 38.7 Å². The van der Waals surface area contributed by atoms with E-state index in [2.05, 4.69) is 0 Å².